The van der Waals surface area contributed by atoms with E-state index < -0.39 is 17.8 Å². The summed E-state index contributed by atoms with van der Waals surface area (Å²) >= 11 is 1.22. The fraction of sp³-hybridized carbons (Fsp3) is 0.179. The molecule has 7 heteroatoms. The number of nitrogens with one attached hydrogen (secondary N) is 1. The van der Waals surface area contributed by atoms with Crippen molar-refractivity contribution in [1.29, 1.82) is 0 Å². The van der Waals surface area contributed by atoms with Gasteiger partial charge in [-0.05, 0) is 69.2 Å². The first-order chi connectivity index (χ1) is 16.8. The summed E-state index contributed by atoms with van der Waals surface area (Å²) in [6, 6.07) is 20.0. The Labute approximate surface area is 209 Å². The predicted octanol–water partition coefficient (Wildman–Crippen LogP) is 5.78. The number of para-hydroxylation sites is 1. The van der Waals surface area contributed by atoms with Crippen molar-refractivity contribution in [2.45, 2.75) is 32.6 Å². The number of thioether (sulfide) groups is 1. The van der Waals surface area contributed by atoms with Gasteiger partial charge in [0.15, 0.2) is 0 Å². The van der Waals surface area contributed by atoms with Crippen LogP contribution < -0.4 is 10.2 Å². The molecular weight excluding hydrogens is 460 g/mol. The third kappa shape index (κ3) is 4.86. The summed E-state index contributed by atoms with van der Waals surface area (Å²) in [5.41, 5.74) is 4.40. The highest BCUT2D eigenvalue weighted by Gasteiger charge is 2.42. The van der Waals surface area contributed by atoms with Gasteiger partial charge in [0.2, 0.25) is 0 Å². The quantitative estimate of drug-likeness (QED) is 0.337. The molecule has 1 aliphatic rings. The van der Waals surface area contributed by atoms with E-state index in [0.717, 1.165) is 32.2 Å². The summed E-state index contributed by atoms with van der Waals surface area (Å²) in [4.78, 5) is 42.2. The van der Waals surface area contributed by atoms with Crippen LogP contribution in [-0.4, -0.2) is 24.4 Å². The molecule has 0 aromatic heterocycles. The lowest BCUT2D eigenvalue weighted by Gasteiger charge is -2.18. The molecule has 0 saturated carbocycles. The zero-order chi connectivity index (χ0) is 25.1. The van der Waals surface area contributed by atoms with Crippen molar-refractivity contribution in [3.63, 3.8) is 0 Å². The highest BCUT2D eigenvalue weighted by molar-refractivity contribution is 8.04. The standard InChI is InChI=1S/C28H26N2O4S/c1-5-34-28(33)21-10-6-7-12-23(21)30-26(31)24(29-22-11-8-9-18(3)19(22)4)25(27(30)32)35-20-15-13-17(2)14-16-20/h6-16,29H,5H2,1-4H3. The normalized spacial score (nSPS) is 13.4. The Morgan fingerprint density at radius 3 is 2.34 bits per heavy atom. The minimum atomic E-state index is -0.590. The van der Waals surface area contributed by atoms with Gasteiger partial charge in [0.1, 0.15) is 10.6 Å². The first kappa shape index (κ1) is 24.3. The molecule has 3 aromatic rings. The molecule has 0 saturated heterocycles. The van der Waals surface area contributed by atoms with Gasteiger partial charge in [-0.15, -0.1) is 0 Å². The lowest BCUT2D eigenvalue weighted by atomic mass is 10.1. The topological polar surface area (TPSA) is 75.7 Å². The third-order valence-electron chi connectivity index (χ3n) is 5.79. The third-order valence-corrected chi connectivity index (χ3v) is 6.88. The first-order valence-corrected chi connectivity index (χ1v) is 12.1. The van der Waals surface area contributed by atoms with Gasteiger partial charge in [-0.1, -0.05) is 53.7 Å². The Bertz CT molecular complexity index is 1350. The second kappa shape index (κ2) is 10.2. The van der Waals surface area contributed by atoms with Crippen molar-refractivity contribution in [3.05, 3.63) is 99.6 Å². The fourth-order valence-electron chi connectivity index (χ4n) is 3.73. The lowest BCUT2D eigenvalue weighted by Crippen LogP contribution is -2.33. The van der Waals surface area contributed by atoms with Gasteiger partial charge < -0.3 is 10.1 Å². The SMILES string of the molecule is CCOC(=O)c1ccccc1N1C(=O)C(Nc2cccc(C)c2C)=C(Sc2ccc(C)cc2)C1=O. The summed E-state index contributed by atoms with van der Waals surface area (Å²) in [6.07, 6.45) is 0. The number of ether oxygens (including phenoxy) is 1. The molecule has 0 atom stereocenters. The van der Waals surface area contributed by atoms with E-state index in [9.17, 15) is 14.4 Å². The minimum Gasteiger partial charge on any atom is -0.462 e. The van der Waals surface area contributed by atoms with E-state index in [1.807, 2.05) is 63.2 Å². The molecule has 0 unspecified atom stereocenters. The molecule has 0 bridgehead atoms. The van der Waals surface area contributed by atoms with E-state index >= 15 is 0 Å². The summed E-state index contributed by atoms with van der Waals surface area (Å²) in [5.74, 6) is -1.61. The van der Waals surface area contributed by atoms with Gasteiger partial charge in [0, 0.05) is 10.6 Å². The number of hydrogen-bond donors (Lipinski definition) is 1. The number of aryl methyl sites for hydroxylation is 2. The maximum absolute atomic E-state index is 13.7. The molecule has 3 aromatic carbocycles. The lowest BCUT2D eigenvalue weighted by molar-refractivity contribution is -0.120. The molecule has 1 aliphatic heterocycles. The van der Waals surface area contributed by atoms with Gasteiger partial charge in [-0.2, -0.15) is 0 Å². The van der Waals surface area contributed by atoms with Crippen LogP contribution in [0.2, 0.25) is 0 Å². The molecule has 0 fully saturated rings. The van der Waals surface area contributed by atoms with Crippen LogP contribution in [0.4, 0.5) is 11.4 Å². The second-order valence-electron chi connectivity index (χ2n) is 8.18. The Morgan fingerprint density at radius 1 is 0.914 bits per heavy atom. The Hall–Kier alpha value is -3.84. The summed E-state index contributed by atoms with van der Waals surface area (Å²) in [5, 5.41) is 3.22. The van der Waals surface area contributed by atoms with Crippen molar-refractivity contribution >= 4 is 40.9 Å². The number of carbonyl (C=O) groups is 3. The van der Waals surface area contributed by atoms with Crippen LogP contribution in [0.3, 0.4) is 0 Å². The first-order valence-electron chi connectivity index (χ1n) is 11.3. The number of amides is 2. The van der Waals surface area contributed by atoms with Crippen LogP contribution >= 0.6 is 11.8 Å². The van der Waals surface area contributed by atoms with Crippen molar-refractivity contribution in [2.75, 3.05) is 16.8 Å². The largest absolute Gasteiger partial charge is 0.462 e. The van der Waals surface area contributed by atoms with E-state index in [-0.39, 0.29) is 28.5 Å². The second-order valence-corrected chi connectivity index (χ2v) is 9.26. The number of rotatable bonds is 7. The van der Waals surface area contributed by atoms with Crippen LogP contribution in [0.5, 0.6) is 0 Å². The van der Waals surface area contributed by atoms with Crippen LogP contribution in [0.15, 0.2) is 82.2 Å². The van der Waals surface area contributed by atoms with Crippen LogP contribution in [0.25, 0.3) is 0 Å². The zero-order valence-electron chi connectivity index (χ0n) is 20.0. The predicted molar refractivity (Wildman–Crippen MR) is 138 cm³/mol. The maximum atomic E-state index is 13.7. The van der Waals surface area contributed by atoms with Gasteiger partial charge >= 0.3 is 5.97 Å². The Kier molecular flexibility index (Phi) is 7.07. The zero-order valence-corrected chi connectivity index (χ0v) is 20.9. The molecule has 0 spiro atoms. The average Bonchev–Trinajstić information content (AvgIpc) is 3.07. The summed E-state index contributed by atoms with van der Waals surface area (Å²) in [7, 11) is 0. The number of imide groups is 1. The number of hydrogen-bond acceptors (Lipinski definition) is 6. The van der Waals surface area contributed by atoms with Gasteiger partial charge in [0.05, 0.1) is 17.9 Å². The molecule has 4 rings (SSSR count). The van der Waals surface area contributed by atoms with Crippen molar-refractivity contribution in [1.82, 2.24) is 0 Å². The Balaban J connectivity index is 1.80. The van der Waals surface area contributed by atoms with E-state index in [4.69, 9.17) is 4.74 Å². The number of anilines is 2. The van der Waals surface area contributed by atoms with Crippen LogP contribution in [-0.2, 0) is 14.3 Å². The summed E-state index contributed by atoms with van der Waals surface area (Å²) < 4.78 is 5.16. The monoisotopic (exact) mass is 486 g/mol. The molecule has 178 valence electrons. The van der Waals surface area contributed by atoms with Gasteiger partial charge in [0.25, 0.3) is 11.8 Å². The van der Waals surface area contributed by atoms with E-state index in [1.165, 1.54) is 11.8 Å². The van der Waals surface area contributed by atoms with E-state index in [2.05, 4.69) is 5.32 Å². The highest BCUT2D eigenvalue weighted by atomic mass is 32.2. The molecule has 0 radical (unpaired) electrons. The van der Waals surface area contributed by atoms with Crippen molar-refractivity contribution < 1.29 is 19.1 Å². The van der Waals surface area contributed by atoms with E-state index in [1.54, 1.807) is 31.2 Å². The van der Waals surface area contributed by atoms with Crippen LogP contribution in [0, 0.1) is 20.8 Å². The molecule has 35 heavy (non-hydrogen) atoms. The number of benzene rings is 3. The van der Waals surface area contributed by atoms with Gasteiger partial charge in [-0.25, -0.2) is 9.69 Å². The molecule has 6 nitrogen and oxygen atoms in total. The average molecular weight is 487 g/mol. The Morgan fingerprint density at radius 2 is 1.63 bits per heavy atom. The van der Waals surface area contributed by atoms with Crippen LogP contribution in [0.1, 0.15) is 34.0 Å². The molecule has 1 heterocycles. The summed E-state index contributed by atoms with van der Waals surface area (Å²) in [6.45, 7) is 7.82. The molecule has 0 aliphatic carbocycles. The number of esters is 1. The van der Waals surface area contributed by atoms with Gasteiger partial charge in [-0.3, -0.25) is 9.59 Å². The minimum absolute atomic E-state index is 0.156. The molecular formula is C28H26N2O4S. The van der Waals surface area contributed by atoms with Crippen molar-refractivity contribution in [3.8, 4) is 0 Å². The maximum Gasteiger partial charge on any atom is 0.340 e. The molecule has 2 amide bonds. The number of nitrogens with zero attached hydrogens (tertiary/aromatic N) is 1. The van der Waals surface area contributed by atoms with Crippen molar-refractivity contribution in [2.24, 2.45) is 0 Å². The van der Waals surface area contributed by atoms with E-state index in [0.29, 0.717) is 0 Å². The highest BCUT2D eigenvalue weighted by Crippen LogP contribution is 2.39. The number of carbonyl (C=O) groups excluding carboxylic acids is 3. The fourth-order valence-corrected chi connectivity index (χ4v) is 4.66. The smallest absolute Gasteiger partial charge is 0.340 e. The molecule has 1 N–H and O–H groups in total.